The van der Waals surface area contributed by atoms with E-state index in [1.807, 2.05) is 0 Å². The van der Waals surface area contributed by atoms with Gasteiger partial charge in [0.1, 0.15) is 11.5 Å². The molecule has 1 aromatic heterocycles. The van der Waals surface area contributed by atoms with Crippen molar-refractivity contribution in [2.45, 2.75) is 0 Å². The fourth-order valence-corrected chi connectivity index (χ4v) is 3.11. The molecule has 0 saturated heterocycles. The van der Waals surface area contributed by atoms with Gasteiger partial charge in [0.2, 0.25) is 6.79 Å². The van der Waals surface area contributed by atoms with Crippen LogP contribution in [-0.2, 0) is 4.74 Å². The fourth-order valence-electron chi connectivity index (χ4n) is 2.92. The summed E-state index contributed by atoms with van der Waals surface area (Å²) in [4.78, 5) is 11.8. The van der Waals surface area contributed by atoms with Crippen LogP contribution in [0.2, 0.25) is 5.02 Å². The number of methoxy groups -OCH3 is 1. The smallest absolute Gasteiger partial charge is 0.339 e. The number of nitriles is 1. The zero-order valence-electron chi connectivity index (χ0n) is 15.3. The van der Waals surface area contributed by atoms with Gasteiger partial charge < -0.3 is 18.6 Å². The van der Waals surface area contributed by atoms with Crippen LogP contribution in [0.3, 0.4) is 0 Å². The maximum atomic E-state index is 11.8. The highest BCUT2D eigenvalue weighted by atomic mass is 35.5. The van der Waals surface area contributed by atoms with Gasteiger partial charge in [-0.2, -0.15) is 5.26 Å². The minimum absolute atomic E-state index is 0.167. The van der Waals surface area contributed by atoms with Crippen LogP contribution < -0.4 is 9.47 Å². The summed E-state index contributed by atoms with van der Waals surface area (Å²) in [5.74, 6) is 1.73. The normalized spacial score (nSPS) is 12.5. The number of carbonyl (C=O) groups excluding carboxylic acids is 1. The molecule has 29 heavy (non-hydrogen) atoms. The Morgan fingerprint density at radius 2 is 1.97 bits per heavy atom. The second-order valence-electron chi connectivity index (χ2n) is 6.13. The average Bonchev–Trinajstić information content (AvgIpc) is 3.40. The Kier molecular flexibility index (Phi) is 4.98. The molecule has 7 heteroatoms. The Bertz CT molecular complexity index is 1170. The van der Waals surface area contributed by atoms with Crippen LogP contribution in [0.1, 0.15) is 21.7 Å². The number of allylic oxidation sites excluding steroid dienone is 1. The predicted octanol–water partition coefficient (Wildman–Crippen LogP) is 5.18. The topological polar surface area (TPSA) is 81.7 Å². The van der Waals surface area contributed by atoms with E-state index in [1.54, 1.807) is 54.6 Å². The van der Waals surface area contributed by atoms with E-state index in [4.69, 9.17) is 30.2 Å². The lowest BCUT2D eigenvalue weighted by atomic mass is 10.1. The molecule has 0 aliphatic carbocycles. The van der Waals surface area contributed by atoms with Gasteiger partial charge in [0.05, 0.1) is 29.3 Å². The van der Waals surface area contributed by atoms with Gasteiger partial charge >= 0.3 is 5.97 Å². The molecule has 2 heterocycles. The molecule has 3 aromatic rings. The second kappa shape index (κ2) is 7.74. The van der Waals surface area contributed by atoms with E-state index in [-0.39, 0.29) is 12.4 Å². The first kappa shape index (κ1) is 18.7. The molecule has 0 spiro atoms. The van der Waals surface area contributed by atoms with Crippen molar-refractivity contribution in [3.63, 3.8) is 0 Å². The van der Waals surface area contributed by atoms with Gasteiger partial charge in [-0.25, -0.2) is 4.79 Å². The van der Waals surface area contributed by atoms with Crippen molar-refractivity contribution >= 4 is 29.2 Å². The lowest BCUT2D eigenvalue weighted by molar-refractivity contribution is 0.0601. The van der Waals surface area contributed by atoms with Crippen molar-refractivity contribution in [2.24, 2.45) is 0 Å². The molecule has 0 amide bonds. The Morgan fingerprint density at radius 1 is 1.14 bits per heavy atom. The van der Waals surface area contributed by atoms with Gasteiger partial charge in [-0.3, -0.25) is 0 Å². The molecule has 2 aromatic carbocycles. The number of carbonyl (C=O) groups is 1. The summed E-state index contributed by atoms with van der Waals surface area (Å²) < 4.78 is 21.2. The molecule has 0 N–H and O–H groups in total. The zero-order valence-corrected chi connectivity index (χ0v) is 16.0. The standard InChI is InChI=1S/C22H14ClNO5/c1-26-22(25)17-9-14(2-5-18(17)23)19-7-4-16(29-19)8-15(11-24)13-3-6-20-21(10-13)28-12-27-20/h2-10H,12H2,1H3/b15-8-. The molecule has 0 saturated carbocycles. The van der Waals surface area contributed by atoms with Gasteiger partial charge in [-0.15, -0.1) is 0 Å². The molecule has 4 rings (SSSR count). The van der Waals surface area contributed by atoms with Crippen LogP contribution in [0.4, 0.5) is 0 Å². The first-order valence-electron chi connectivity index (χ1n) is 8.59. The second-order valence-corrected chi connectivity index (χ2v) is 6.53. The highest BCUT2D eigenvalue weighted by Gasteiger charge is 2.16. The summed E-state index contributed by atoms with van der Waals surface area (Å²) in [5.41, 5.74) is 2.01. The van der Waals surface area contributed by atoms with Crippen molar-refractivity contribution in [3.05, 3.63) is 70.4 Å². The summed E-state index contributed by atoms with van der Waals surface area (Å²) in [5, 5.41) is 9.86. The third-order valence-electron chi connectivity index (χ3n) is 4.37. The minimum Gasteiger partial charge on any atom is -0.465 e. The number of furan rings is 1. The summed E-state index contributed by atoms with van der Waals surface area (Å²) in [7, 11) is 1.29. The number of ether oxygens (including phenoxy) is 3. The van der Waals surface area contributed by atoms with E-state index in [1.165, 1.54) is 7.11 Å². The Hall–Kier alpha value is -3.69. The minimum atomic E-state index is -0.530. The number of rotatable bonds is 4. The van der Waals surface area contributed by atoms with E-state index in [0.29, 0.717) is 44.7 Å². The van der Waals surface area contributed by atoms with E-state index in [2.05, 4.69) is 6.07 Å². The molecular weight excluding hydrogens is 394 g/mol. The van der Waals surface area contributed by atoms with Gasteiger partial charge in [0.25, 0.3) is 0 Å². The molecule has 1 aliphatic rings. The van der Waals surface area contributed by atoms with Crippen molar-refractivity contribution in [1.29, 1.82) is 5.26 Å². The maximum absolute atomic E-state index is 11.8. The van der Waals surface area contributed by atoms with Crippen LogP contribution in [0.25, 0.3) is 23.0 Å². The summed E-state index contributed by atoms with van der Waals surface area (Å²) in [6.07, 6.45) is 1.64. The third-order valence-corrected chi connectivity index (χ3v) is 4.70. The molecule has 0 fully saturated rings. The molecular formula is C22H14ClNO5. The van der Waals surface area contributed by atoms with Gasteiger partial charge in [0, 0.05) is 5.56 Å². The summed E-state index contributed by atoms with van der Waals surface area (Å²) in [6, 6.07) is 15.9. The van der Waals surface area contributed by atoms with E-state index in [9.17, 15) is 10.1 Å². The lowest BCUT2D eigenvalue weighted by Gasteiger charge is -2.04. The molecule has 1 aliphatic heterocycles. The number of halogens is 1. The van der Waals surface area contributed by atoms with Crippen molar-refractivity contribution in [2.75, 3.05) is 13.9 Å². The molecule has 144 valence electrons. The number of benzene rings is 2. The van der Waals surface area contributed by atoms with Crippen LogP contribution in [0.5, 0.6) is 11.5 Å². The molecule has 0 atom stereocenters. The van der Waals surface area contributed by atoms with Crippen LogP contribution in [0, 0.1) is 11.3 Å². The van der Waals surface area contributed by atoms with E-state index in [0.717, 1.165) is 0 Å². The summed E-state index contributed by atoms with van der Waals surface area (Å²) >= 11 is 6.06. The van der Waals surface area contributed by atoms with E-state index < -0.39 is 5.97 Å². The van der Waals surface area contributed by atoms with Crippen molar-refractivity contribution < 1.29 is 23.4 Å². The first-order chi connectivity index (χ1) is 14.1. The Labute approximate surface area is 171 Å². The van der Waals surface area contributed by atoms with Crippen LogP contribution in [-0.4, -0.2) is 19.9 Å². The Balaban J connectivity index is 1.65. The number of fused-ring (bicyclic) bond motifs is 1. The summed E-state index contributed by atoms with van der Waals surface area (Å²) in [6.45, 7) is 0.167. The highest BCUT2D eigenvalue weighted by molar-refractivity contribution is 6.33. The van der Waals surface area contributed by atoms with Crippen molar-refractivity contribution in [3.8, 4) is 28.9 Å². The zero-order chi connectivity index (χ0) is 20.4. The molecule has 6 nitrogen and oxygen atoms in total. The quantitative estimate of drug-likeness (QED) is 0.438. The SMILES string of the molecule is COC(=O)c1cc(-c2ccc(/C=C(/C#N)c3ccc4c(c3)OCO4)o2)ccc1Cl. The van der Waals surface area contributed by atoms with Gasteiger partial charge in [-0.1, -0.05) is 11.6 Å². The first-order valence-corrected chi connectivity index (χ1v) is 8.96. The lowest BCUT2D eigenvalue weighted by Crippen LogP contribution is -2.02. The molecule has 0 radical (unpaired) electrons. The third kappa shape index (κ3) is 3.68. The fraction of sp³-hybridized carbons (Fsp3) is 0.0909. The molecule has 0 unspecified atom stereocenters. The number of hydrogen-bond donors (Lipinski definition) is 0. The van der Waals surface area contributed by atoms with Gasteiger partial charge in [-0.05, 0) is 60.2 Å². The van der Waals surface area contributed by atoms with Crippen molar-refractivity contribution in [1.82, 2.24) is 0 Å². The largest absolute Gasteiger partial charge is 0.465 e. The number of nitrogens with zero attached hydrogens (tertiary/aromatic N) is 1. The number of esters is 1. The predicted molar refractivity (Wildman–Crippen MR) is 107 cm³/mol. The van der Waals surface area contributed by atoms with Crippen LogP contribution >= 0.6 is 11.6 Å². The van der Waals surface area contributed by atoms with E-state index >= 15 is 0 Å². The molecule has 0 bridgehead atoms. The average molecular weight is 408 g/mol. The monoisotopic (exact) mass is 407 g/mol. The van der Waals surface area contributed by atoms with Gasteiger partial charge in [0.15, 0.2) is 11.5 Å². The highest BCUT2D eigenvalue weighted by Crippen LogP contribution is 2.35. The Morgan fingerprint density at radius 3 is 2.76 bits per heavy atom. The maximum Gasteiger partial charge on any atom is 0.339 e. The number of hydrogen-bond acceptors (Lipinski definition) is 6. The van der Waals surface area contributed by atoms with Crippen LogP contribution in [0.15, 0.2) is 52.9 Å².